The fourth-order valence-electron chi connectivity index (χ4n) is 3.01. The Morgan fingerprint density at radius 1 is 1.43 bits per heavy atom. The maximum absolute atomic E-state index is 13.2. The van der Waals surface area contributed by atoms with Gasteiger partial charge in [-0.05, 0) is 13.3 Å². The summed E-state index contributed by atoms with van der Waals surface area (Å²) >= 11 is 0. The Bertz CT molecular complexity index is 599. The lowest BCUT2D eigenvalue weighted by Gasteiger charge is -2.31. The monoisotopic (exact) mass is 325 g/mol. The molecule has 1 atom stereocenters. The largest absolute Gasteiger partial charge is 0.444 e. The van der Waals surface area contributed by atoms with E-state index in [1.54, 1.807) is 12.4 Å². The van der Waals surface area contributed by atoms with Crippen LogP contribution in [-0.2, 0) is 0 Å². The predicted molar refractivity (Wildman–Crippen MR) is 82.1 cm³/mol. The van der Waals surface area contributed by atoms with Gasteiger partial charge in [-0.3, -0.25) is 4.90 Å². The van der Waals surface area contributed by atoms with Crippen LogP contribution in [0.2, 0.25) is 0 Å². The molecule has 6 nitrogen and oxygen atoms in total. The summed E-state index contributed by atoms with van der Waals surface area (Å²) in [5.74, 6) is -1.69. The van der Waals surface area contributed by atoms with Crippen molar-refractivity contribution in [3.63, 3.8) is 0 Å². The molecule has 3 rings (SSSR count). The molecular weight excluding hydrogens is 304 g/mol. The first kappa shape index (κ1) is 15.9. The highest BCUT2D eigenvalue weighted by molar-refractivity contribution is 6.01. The summed E-state index contributed by atoms with van der Waals surface area (Å²) in [6, 6.07) is -0.0269. The molecule has 2 aliphatic rings. The molecule has 0 spiro atoms. The van der Waals surface area contributed by atoms with Gasteiger partial charge in [-0.15, -0.1) is 0 Å². The molecule has 1 saturated heterocycles. The summed E-state index contributed by atoms with van der Waals surface area (Å²) < 4.78 is 31.7. The van der Waals surface area contributed by atoms with Crippen LogP contribution in [0.5, 0.6) is 0 Å². The Kier molecular flexibility index (Phi) is 4.34. The van der Waals surface area contributed by atoms with Crippen molar-refractivity contribution in [3.8, 4) is 0 Å². The van der Waals surface area contributed by atoms with Crippen LogP contribution >= 0.6 is 0 Å². The van der Waals surface area contributed by atoms with Gasteiger partial charge in [0, 0.05) is 32.3 Å². The zero-order valence-electron chi connectivity index (χ0n) is 13.1. The molecule has 0 saturated carbocycles. The summed E-state index contributed by atoms with van der Waals surface area (Å²) in [5.41, 5.74) is 6.55. The molecule has 1 aromatic rings. The average molecular weight is 325 g/mol. The molecule has 1 aromatic heterocycles. The smallest absolute Gasteiger partial charge is 0.261 e. The van der Waals surface area contributed by atoms with E-state index < -0.39 is 5.92 Å². The Labute approximate surface area is 133 Å². The minimum Gasteiger partial charge on any atom is -0.444 e. The number of nitrogens with two attached hydrogens (primary N) is 1. The Morgan fingerprint density at radius 3 is 2.91 bits per heavy atom. The Morgan fingerprint density at radius 2 is 2.26 bits per heavy atom. The number of aliphatic imine (C=N–C) groups is 1. The number of hydrogen-bond acceptors (Lipinski definition) is 6. The van der Waals surface area contributed by atoms with Gasteiger partial charge in [0.05, 0.1) is 18.8 Å². The fourth-order valence-corrected chi connectivity index (χ4v) is 3.01. The minimum absolute atomic E-state index is 0.0269. The molecule has 0 aromatic carbocycles. The van der Waals surface area contributed by atoms with Gasteiger partial charge in [-0.25, -0.2) is 18.8 Å². The van der Waals surface area contributed by atoms with Gasteiger partial charge in [0.1, 0.15) is 17.8 Å². The number of likely N-dealkylation sites (tertiary alicyclic amines) is 1. The van der Waals surface area contributed by atoms with Crippen molar-refractivity contribution >= 4 is 5.71 Å². The second-order valence-electron chi connectivity index (χ2n) is 6.04. The van der Waals surface area contributed by atoms with Gasteiger partial charge in [-0.1, -0.05) is 0 Å². The number of alkyl halides is 2. The van der Waals surface area contributed by atoms with Crippen molar-refractivity contribution in [2.45, 2.75) is 31.7 Å². The number of rotatable bonds is 5. The maximum atomic E-state index is 13.2. The molecule has 2 N–H and O–H groups in total. The van der Waals surface area contributed by atoms with Gasteiger partial charge in [-0.2, -0.15) is 0 Å². The van der Waals surface area contributed by atoms with E-state index in [2.05, 4.69) is 14.9 Å². The van der Waals surface area contributed by atoms with E-state index >= 15 is 0 Å². The molecule has 0 radical (unpaired) electrons. The topological polar surface area (TPSA) is 70.9 Å². The SMILES string of the molecule is CC1C(c2ncco2)=NC(N)=CN1CCCN1CCC(F)(F)C1. The second kappa shape index (κ2) is 6.27. The van der Waals surface area contributed by atoms with Crippen molar-refractivity contribution in [2.24, 2.45) is 10.7 Å². The number of hydrogen-bond donors (Lipinski definition) is 1. The van der Waals surface area contributed by atoms with Crippen molar-refractivity contribution in [1.29, 1.82) is 0 Å². The average Bonchev–Trinajstić information content (AvgIpc) is 3.12. The number of aromatic nitrogens is 1. The second-order valence-corrected chi connectivity index (χ2v) is 6.04. The summed E-state index contributed by atoms with van der Waals surface area (Å²) in [7, 11) is 0. The molecule has 0 aliphatic carbocycles. The summed E-state index contributed by atoms with van der Waals surface area (Å²) in [5, 5.41) is 0. The molecule has 3 heterocycles. The number of nitrogens with zero attached hydrogens (tertiary/aromatic N) is 4. The standard InChI is InChI=1S/C15H21F2N5O/c1-11-13(14-19-4-8-23-14)20-12(18)9-22(11)6-2-5-21-7-3-15(16,17)10-21/h4,8-9,11H,2-3,5-7,10,18H2,1H3. The molecule has 8 heteroatoms. The lowest BCUT2D eigenvalue weighted by molar-refractivity contribution is 0.0120. The zero-order valence-corrected chi connectivity index (χ0v) is 13.1. The van der Waals surface area contributed by atoms with E-state index in [1.807, 2.05) is 11.8 Å². The van der Waals surface area contributed by atoms with Gasteiger partial charge in [0.15, 0.2) is 0 Å². The van der Waals surface area contributed by atoms with Crippen LogP contribution in [0, 0.1) is 0 Å². The number of halogens is 2. The highest BCUT2D eigenvalue weighted by Gasteiger charge is 2.37. The normalized spacial score (nSPS) is 24.7. The van der Waals surface area contributed by atoms with E-state index in [9.17, 15) is 8.78 Å². The van der Waals surface area contributed by atoms with Gasteiger partial charge < -0.3 is 15.1 Å². The third-order valence-corrected chi connectivity index (χ3v) is 4.23. The Balaban J connectivity index is 1.55. The van der Waals surface area contributed by atoms with E-state index in [0.29, 0.717) is 37.1 Å². The van der Waals surface area contributed by atoms with Crippen LogP contribution in [0.25, 0.3) is 0 Å². The van der Waals surface area contributed by atoms with Gasteiger partial charge >= 0.3 is 0 Å². The van der Waals surface area contributed by atoms with E-state index in [0.717, 1.165) is 6.42 Å². The van der Waals surface area contributed by atoms with Gasteiger partial charge in [0.2, 0.25) is 5.89 Å². The van der Waals surface area contributed by atoms with Crippen LogP contribution in [0.3, 0.4) is 0 Å². The molecule has 126 valence electrons. The summed E-state index contributed by atoms with van der Waals surface area (Å²) in [4.78, 5) is 12.3. The van der Waals surface area contributed by atoms with E-state index in [1.165, 1.54) is 6.26 Å². The highest BCUT2D eigenvalue weighted by atomic mass is 19.3. The predicted octanol–water partition coefficient (Wildman–Crippen LogP) is 1.66. The van der Waals surface area contributed by atoms with Crippen LogP contribution in [0.4, 0.5) is 8.78 Å². The van der Waals surface area contributed by atoms with E-state index in [-0.39, 0.29) is 19.0 Å². The first-order chi connectivity index (χ1) is 10.9. The summed E-state index contributed by atoms with van der Waals surface area (Å²) in [6.45, 7) is 3.69. The Hall–Kier alpha value is -1.96. The fraction of sp³-hybridized carbons (Fsp3) is 0.600. The third-order valence-electron chi connectivity index (χ3n) is 4.23. The van der Waals surface area contributed by atoms with Crippen molar-refractivity contribution < 1.29 is 13.2 Å². The lowest BCUT2D eigenvalue weighted by atomic mass is 10.1. The van der Waals surface area contributed by atoms with Crippen LogP contribution in [0.1, 0.15) is 25.7 Å². The molecular formula is C15H21F2N5O. The van der Waals surface area contributed by atoms with Gasteiger partial charge in [0.25, 0.3) is 5.92 Å². The molecule has 0 bridgehead atoms. The summed E-state index contributed by atoms with van der Waals surface area (Å²) in [6.07, 6.45) is 5.59. The first-order valence-electron chi connectivity index (χ1n) is 7.76. The minimum atomic E-state index is -2.53. The highest BCUT2D eigenvalue weighted by Crippen LogP contribution is 2.26. The zero-order chi connectivity index (χ0) is 16.4. The van der Waals surface area contributed by atoms with Crippen LogP contribution in [0.15, 0.2) is 33.9 Å². The van der Waals surface area contributed by atoms with Crippen molar-refractivity contribution in [3.05, 3.63) is 30.4 Å². The van der Waals surface area contributed by atoms with E-state index in [4.69, 9.17) is 10.2 Å². The lowest BCUT2D eigenvalue weighted by Crippen LogP contribution is -2.41. The molecule has 2 aliphatic heterocycles. The third kappa shape index (κ3) is 3.69. The maximum Gasteiger partial charge on any atom is 0.261 e. The quantitative estimate of drug-likeness (QED) is 0.891. The molecule has 1 unspecified atom stereocenters. The molecule has 23 heavy (non-hydrogen) atoms. The van der Waals surface area contributed by atoms with Crippen LogP contribution < -0.4 is 5.73 Å². The van der Waals surface area contributed by atoms with Crippen molar-refractivity contribution in [1.82, 2.24) is 14.8 Å². The first-order valence-corrected chi connectivity index (χ1v) is 7.76. The van der Waals surface area contributed by atoms with Crippen LogP contribution in [-0.4, -0.2) is 58.6 Å². The molecule has 0 amide bonds. The molecule has 1 fully saturated rings. The van der Waals surface area contributed by atoms with Crippen molar-refractivity contribution in [2.75, 3.05) is 26.2 Å². The number of oxazole rings is 1.